The lowest BCUT2D eigenvalue weighted by Crippen LogP contribution is -2.55. The maximum absolute atomic E-state index is 14.2. The van der Waals surface area contributed by atoms with Gasteiger partial charge >= 0.3 is 5.97 Å². The number of esters is 1. The van der Waals surface area contributed by atoms with Gasteiger partial charge in [-0.05, 0) is 54.3 Å². The first-order valence-corrected chi connectivity index (χ1v) is 15.6. The average Bonchev–Trinajstić information content (AvgIpc) is 3.09. The van der Waals surface area contributed by atoms with Crippen molar-refractivity contribution in [1.82, 2.24) is 9.97 Å². The minimum atomic E-state index is -2.08. The van der Waals surface area contributed by atoms with Crippen LogP contribution in [0.4, 0.5) is 11.4 Å². The Balaban J connectivity index is 1.35. The number of nitrogens with one attached hydrogen (secondary N) is 2. The van der Waals surface area contributed by atoms with Gasteiger partial charge in [0.25, 0.3) is 5.91 Å². The van der Waals surface area contributed by atoms with Crippen molar-refractivity contribution in [2.24, 2.45) is 5.73 Å². The number of fused-ring (bicyclic) bond motifs is 2. The number of hydrogen-bond acceptors (Lipinski definition) is 8. The number of unbranched alkanes of at least 4 members (excludes halogenated alkanes) is 3. The van der Waals surface area contributed by atoms with Crippen LogP contribution in [-0.2, 0) is 35.9 Å². The number of carbonyl (C=O) groups excluding carboxylic acids is 4. The third kappa shape index (κ3) is 7.85. The number of Topliss-reactive ketones (excluding diaryl/α,β-unsaturated/α-hetero) is 1. The molecule has 0 radical (unpaired) electrons. The molecule has 240 valence electrons. The molecule has 0 saturated carbocycles. The summed E-state index contributed by atoms with van der Waals surface area (Å²) in [6.07, 6.45) is 6.88. The molecule has 10 heteroatoms. The van der Waals surface area contributed by atoms with Crippen LogP contribution in [0, 0.1) is 0 Å². The Labute approximate surface area is 272 Å². The molecule has 3 aromatic carbocycles. The van der Waals surface area contributed by atoms with Gasteiger partial charge in [0.2, 0.25) is 5.91 Å². The standard InChI is InChI=1S/C37H37N5O5/c1-47-33(45)17-5-3-2-4-16-32(44)41-29-20-18-28(19-21-29)37(38,31(43)24-27-12-6-10-25-13-8-22-39-34(25)27)36(46)42-30-15-7-11-26-14-9-23-40-35(26)30/h6-15,18-23H,2-5,16-17,24,38H2,1H3,(H,41,44)(H,42,46). The van der Waals surface area contributed by atoms with Crippen molar-refractivity contribution < 1.29 is 23.9 Å². The molecule has 2 aromatic heterocycles. The van der Waals surface area contributed by atoms with E-state index in [0.29, 0.717) is 47.2 Å². The minimum absolute atomic E-state index is 0.135. The van der Waals surface area contributed by atoms with Gasteiger partial charge in [-0.1, -0.05) is 67.4 Å². The number of para-hydroxylation sites is 2. The quantitative estimate of drug-likeness (QED) is 0.0785. The van der Waals surface area contributed by atoms with Crippen LogP contribution in [0.2, 0.25) is 0 Å². The molecule has 0 saturated heterocycles. The summed E-state index contributed by atoms with van der Waals surface area (Å²) in [7, 11) is 1.37. The zero-order valence-corrected chi connectivity index (χ0v) is 26.2. The molecule has 2 amide bonds. The van der Waals surface area contributed by atoms with E-state index in [0.717, 1.165) is 30.0 Å². The number of methoxy groups -OCH3 is 1. The van der Waals surface area contributed by atoms with E-state index in [4.69, 9.17) is 5.73 Å². The predicted molar refractivity (Wildman–Crippen MR) is 181 cm³/mol. The van der Waals surface area contributed by atoms with Gasteiger partial charge in [-0.15, -0.1) is 0 Å². The molecule has 10 nitrogen and oxygen atoms in total. The summed E-state index contributed by atoms with van der Waals surface area (Å²) in [6.45, 7) is 0. The summed E-state index contributed by atoms with van der Waals surface area (Å²) in [5.41, 5.74) is 7.86. The monoisotopic (exact) mass is 631 g/mol. The Hall–Kier alpha value is -5.48. The Morgan fingerprint density at radius 3 is 2.04 bits per heavy atom. The van der Waals surface area contributed by atoms with Crippen LogP contribution < -0.4 is 16.4 Å². The van der Waals surface area contributed by atoms with Crippen LogP contribution in [0.5, 0.6) is 0 Å². The molecule has 0 aliphatic heterocycles. The van der Waals surface area contributed by atoms with Gasteiger partial charge in [-0.25, -0.2) is 0 Å². The molecule has 0 bridgehead atoms. The number of nitrogens with two attached hydrogens (primary N) is 1. The normalized spacial score (nSPS) is 12.3. The van der Waals surface area contributed by atoms with Crippen LogP contribution in [-0.4, -0.2) is 40.6 Å². The minimum Gasteiger partial charge on any atom is -0.469 e. The number of aromatic nitrogens is 2. The molecule has 0 aliphatic carbocycles. The van der Waals surface area contributed by atoms with E-state index in [1.807, 2.05) is 36.4 Å². The summed E-state index contributed by atoms with van der Waals surface area (Å²) >= 11 is 0. The average molecular weight is 632 g/mol. The number of ketones is 1. The lowest BCUT2D eigenvalue weighted by Gasteiger charge is -2.28. The van der Waals surface area contributed by atoms with Gasteiger partial charge in [-0.2, -0.15) is 0 Å². The largest absolute Gasteiger partial charge is 0.469 e. The highest BCUT2D eigenvalue weighted by Gasteiger charge is 2.43. The highest BCUT2D eigenvalue weighted by atomic mass is 16.5. The number of amides is 2. The summed E-state index contributed by atoms with van der Waals surface area (Å²) in [5, 5.41) is 7.41. The summed E-state index contributed by atoms with van der Waals surface area (Å²) in [6, 6.07) is 24.8. The highest BCUT2D eigenvalue weighted by molar-refractivity contribution is 6.18. The van der Waals surface area contributed by atoms with Crippen LogP contribution in [0.3, 0.4) is 0 Å². The van der Waals surface area contributed by atoms with E-state index in [1.165, 1.54) is 7.11 Å². The Kier molecular flexibility index (Phi) is 10.6. The Bertz CT molecular complexity index is 1800. The number of ether oxygens (including phenoxy) is 1. The molecule has 4 N–H and O–H groups in total. The van der Waals surface area contributed by atoms with Crippen LogP contribution >= 0.6 is 0 Å². The number of carbonyl (C=O) groups is 4. The topological polar surface area (TPSA) is 153 Å². The number of pyridine rings is 2. The molecule has 0 aliphatic rings. The second-order valence-electron chi connectivity index (χ2n) is 11.4. The third-order valence-electron chi connectivity index (χ3n) is 8.13. The van der Waals surface area contributed by atoms with E-state index in [1.54, 1.807) is 60.9 Å². The van der Waals surface area contributed by atoms with Crippen molar-refractivity contribution in [1.29, 1.82) is 0 Å². The maximum Gasteiger partial charge on any atom is 0.305 e. The third-order valence-corrected chi connectivity index (χ3v) is 8.13. The molecule has 47 heavy (non-hydrogen) atoms. The van der Waals surface area contributed by atoms with Crippen molar-refractivity contribution in [2.45, 2.75) is 50.5 Å². The fraction of sp³-hybridized carbons (Fsp3) is 0.243. The smallest absolute Gasteiger partial charge is 0.305 e. The van der Waals surface area contributed by atoms with Crippen molar-refractivity contribution in [3.05, 3.63) is 108 Å². The number of anilines is 2. The van der Waals surface area contributed by atoms with E-state index < -0.39 is 17.2 Å². The first-order valence-electron chi connectivity index (χ1n) is 15.6. The number of benzene rings is 3. The van der Waals surface area contributed by atoms with Crippen LogP contribution in [0.15, 0.2) is 97.3 Å². The van der Waals surface area contributed by atoms with Gasteiger partial charge in [0.15, 0.2) is 11.3 Å². The second-order valence-corrected chi connectivity index (χ2v) is 11.4. The van der Waals surface area contributed by atoms with Gasteiger partial charge in [0.05, 0.1) is 23.8 Å². The predicted octanol–water partition coefficient (Wildman–Crippen LogP) is 5.84. The van der Waals surface area contributed by atoms with Gasteiger partial charge in [0.1, 0.15) is 0 Å². The van der Waals surface area contributed by atoms with E-state index in [2.05, 4.69) is 25.3 Å². The SMILES string of the molecule is COC(=O)CCCCCCC(=O)Nc1ccc(C(N)(C(=O)Cc2cccc3cccnc23)C(=O)Nc2cccc3cccnc23)cc1. The van der Waals surface area contributed by atoms with E-state index in [-0.39, 0.29) is 23.9 Å². The number of nitrogens with zero attached hydrogens (tertiary/aromatic N) is 2. The zero-order chi connectivity index (χ0) is 33.2. The van der Waals surface area contributed by atoms with Crippen molar-refractivity contribution in [2.75, 3.05) is 17.7 Å². The fourth-order valence-corrected chi connectivity index (χ4v) is 5.52. The first-order chi connectivity index (χ1) is 22.8. The van der Waals surface area contributed by atoms with Crippen LogP contribution in [0.1, 0.15) is 49.7 Å². The van der Waals surface area contributed by atoms with Gasteiger partial charge < -0.3 is 21.1 Å². The summed E-state index contributed by atoms with van der Waals surface area (Å²) < 4.78 is 4.64. The lowest BCUT2D eigenvalue weighted by atomic mass is 9.82. The molecule has 5 rings (SSSR count). The van der Waals surface area contributed by atoms with Crippen molar-refractivity contribution in [3.63, 3.8) is 0 Å². The van der Waals surface area contributed by atoms with Gasteiger partial charge in [-0.3, -0.25) is 29.1 Å². The lowest BCUT2D eigenvalue weighted by molar-refractivity contribution is -0.140. The Morgan fingerprint density at radius 1 is 0.723 bits per heavy atom. The number of hydrogen-bond donors (Lipinski definition) is 3. The van der Waals surface area contributed by atoms with Gasteiger partial charge in [0, 0.05) is 48.1 Å². The molecule has 0 spiro atoms. The van der Waals surface area contributed by atoms with E-state index in [9.17, 15) is 19.2 Å². The zero-order valence-electron chi connectivity index (χ0n) is 26.2. The number of rotatable bonds is 14. The Morgan fingerprint density at radius 2 is 1.34 bits per heavy atom. The molecule has 1 unspecified atom stereocenters. The molecule has 2 heterocycles. The summed E-state index contributed by atoms with van der Waals surface area (Å²) in [4.78, 5) is 60.9. The molecule has 5 aromatic rings. The highest BCUT2D eigenvalue weighted by Crippen LogP contribution is 2.29. The molecule has 1 atom stereocenters. The first kappa shape index (κ1) is 32.9. The van der Waals surface area contributed by atoms with Crippen molar-refractivity contribution in [3.8, 4) is 0 Å². The second kappa shape index (κ2) is 15.2. The fourth-order valence-electron chi connectivity index (χ4n) is 5.52. The van der Waals surface area contributed by atoms with E-state index >= 15 is 0 Å². The molecule has 0 fully saturated rings. The van der Waals surface area contributed by atoms with Crippen molar-refractivity contribution >= 4 is 56.7 Å². The summed E-state index contributed by atoms with van der Waals surface area (Å²) in [5.74, 6) is -1.63. The molecular weight excluding hydrogens is 594 g/mol. The maximum atomic E-state index is 14.2. The molecular formula is C37H37N5O5. The van der Waals surface area contributed by atoms with Crippen LogP contribution in [0.25, 0.3) is 21.8 Å².